The number of aromatic nitrogens is 2. The van der Waals surface area contributed by atoms with E-state index in [1.54, 1.807) is 22.8 Å². The zero-order chi connectivity index (χ0) is 25.6. The van der Waals surface area contributed by atoms with Crippen LogP contribution in [0.2, 0.25) is 0 Å². The first kappa shape index (κ1) is 24.1. The molecular formula is C28H28FN7O. The van der Waals surface area contributed by atoms with Gasteiger partial charge in [-0.1, -0.05) is 36.9 Å². The van der Waals surface area contributed by atoms with Gasteiger partial charge in [-0.2, -0.15) is 0 Å². The molecule has 0 atom stereocenters. The van der Waals surface area contributed by atoms with Crippen LogP contribution in [-0.2, 0) is 4.74 Å². The molecule has 1 aliphatic heterocycles. The van der Waals surface area contributed by atoms with Gasteiger partial charge in [-0.25, -0.2) is 9.37 Å². The Morgan fingerprint density at radius 2 is 1.62 bits per heavy atom. The standard InChI is InChI=1S/C28H28FN7O/c1-20(31-21-11-13-22(14-12-21)35-15-17-37-18-16-35)32-27-26(19-30)34-28(33-25-10-6-5-9-24(25)29)36(27)23-7-3-2-4-8-23/h2-14,19,30-32H,1,15-18H2,(H,33,34). The predicted octanol–water partition coefficient (Wildman–Crippen LogP) is 5.58. The van der Waals surface area contributed by atoms with Gasteiger partial charge >= 0.3 is 0 Å². The van der Waals surface area contributed by atoms with Crippen molar-refractivity contribution in [3.63, 3.8) is 0 Å². The van der Waals surface area contributed by atoms with Gasteiger partial charge in [0.2, 0.25) is 5.95 Å². The maximum Gasteiger partial charge on any atom is 0.214 e. The van der Waals surface area contributed by atoms with Crippen LogP contribution in [0.4, 0.5) is 33.2 Å². The van der Waals surface area contributed by atoms with E-state index in [-0.39, 0.29) is 5.69 Å². The molecule has 1 saturated heterocycles. The van der Waals surface area contributed by atoms with Gasteiger partial charge in [0.05, 0.1) is 24.6 Å². The Bertz CT molecular complexity index is 1380. The third-order valence-corrected chi connectivity index (χ3v) is 5.98. The number of benzene rings is 3. The van der Waals surface area contributed by atoms with Crippen LogP contribution in [-0.4, -0.2) is 42.1 Å². The van der Waals surface area contributed by atoms with E-state index >= 15 is 0 Å². The molecule has 8 nitrogen and oxygen atoms in total. The van der Waals surface area contributed by atoms with E-state index in [4.69, 9.17) is 10.1 Å². The summed E-state index contributed by atoms with van der Waals surface area (Å²) in [7, 11) is 0. The largest absolute Gasteiger partial charge is 0.378 e. The molecule has 3 aromatic carbocycles. The average Bonchev–Trinajstić information content (AvgIpc) is 3.27. The van der Waals surface area contributed by atoms with Crippen LogP contribution in [0.1, 0.15) is 5.69 Å². The van der Waals surface area contributed by atoms with Gasteiger partial charge in [-0.05, 0) is 48.5 Å². The molecule has 37 heavy (non-hydrogen) atoms. The molecule has 9 heteroatoms. The monoisotopic (exact) mass is 497 g/mol. The summed E-state index contributed by atoms with van der Waals surface area (Å²) in [6, 6.07) is 24.0. The van der Waals surface area contributed by atoms with Crippen molar-refractivity contribution in [3.8, 4) is 5.69 Å². The number of nitrogens with zero attached hydrogens (tertiary/aromatic N) is 3. The second kappa shape index (κ2) is 11.0. The number of para-hydroxylation sites is 2. The summed E-state index contributed by atoms with van der Waals surface area (Å²) < 4.78 is 21.6. The minimum atomic E-state index is -0.400. The number of hydrogen-bond donors (Lipinski definition) is 4. The Labute approximate surface area is 214 Å². The Balaban J connectivity index is 1.40. The van der Waals surface area contributed by atoms with Crippen molar-refractivity contribution >= 4 is 35.0 Å². The number of rotatable bonds is 9. The van der Waals surface area contributed by atoms with Crippen LogP contribution in [0, 0.1) is 11.2 Å². The minimum Gasteiger partial charge on any atom is -0.378 e. The number of ether oxygens (including phenoxy) is 1. The van der Waals surface area contributed by atoms with Crippen LogP contribution < -0.4 is 20.9 Å². The van der Waals surface area contributed by atoms with Crippen molar-refractivity contribution in [2.45, 2.75) is 0 Å². The summed E-state index contributed by atoms with van der Waals surface area (Å²) in [5, 5.41) is 17.6. The summed E-state index contributed by atoms with van der Waals surface area (Å²) in [6.07, 6.45) is 1.15. The van der Waals surface area contributed by atoms with E-state index in [2.05, 4.69) is 44.5 Å². The first-order valence-electron chi connectivity index (χ1n) is 12.0. The molecule has 0 amide bonds. The molecule has 188 valence electrons. The van der Waals surface area contributed by atoms with Gasteiger partial charge in [0.1, 0.15) is 23.1 Å². The number of anilines is 5. The molecule has 2 heterocycles. The lowest BCUT2D eigenvalue weighted by atomic mass is 10.2. The molecule has 4 aromatic rings. The lowest BCUT2D eigenvalue weighted by molar-refractivity contribution is 0.122. The van der Waals surface area contributed by atoms with Crippen LogP contribution in [0.5, 0.6) is 0 Å². The van der Waals surface area contributed by atoms with E-state index in [0.29, 0.717) is 23.3 Å². The molecule has 0 saturated carbocycles. The van der Waals surface area contributed by atoms with E-state index in [9.17, 15) is 4.39 Å². The molecule has 1 aliphatic rings. The first-order chi connectivity index (χ1) is 18.1. The molecule has 1 aromatic heterocycles. The van der Waals surface area contributed by atoms with Crippen LogP contribution >= 0.6 is 0 Å². The molecular weight excluding hydrogens is 469 g/mol. The number of halogens is 1. The SMILES string of the molecule is C=C(Nc1ccc(N2CCOCC2)cc1)Nc1c(C=N)nc(Nc2ccccc2F)n1-c1ccccc1. The van der Waals surface area contributed by atoms with Gasteiger partial charge < -0.3 is 31.0 Å². The van der Waals surface area contributed by atoms with Crippen LogP contribution in [0.15, 0.2) is 91.3 Å². The van der Waals surface area contributed by atoms with Crippen molar-refractivity contribution < 1.29 is 9.13 Å². The summed E-state index contributed by atoms with van der Waals surface area (Å²) in [5.74, 6) is 0.974. The van der Waals surface area contributed by atoms with E-state index in [1.807, 2.05) is 42.5 Å². The topological polar surface area (TPSA) is 90.2 Å². The fourth-order valence-corrected chi connectivity index (χ4v) is 4.18. The normalized spacial score (nSPS) is 13.2. The van der Waals surface area contributed by atoms with Gasteiger partial charge in [0.15, 0.2) is 0 Å². The Morgan fingerprint density at radius 1 is 0.919 bits per heavy atom. The lowest BCUT2D eigenvalue weighted by Crippen LogP contribution is -2.36. The molecule has 0 bridgehead atoms. The minimum absolute atomic E-state index is 0.282. The summed E-state index contributed by atoms with van der Waals surface area (Å²) in [5.41, 5.74) is 3.44. The first-order valence-corrected chi connectivity index (χ1v) is 12.0. The van der Waals surface area contributed by atoms with Crippen molar-refractivity contribution in [1.82, 2.24) is 9.55 Å². The van der Waals surface area contributed by atoms with Crippen molar-refractivity contribution in [2.24, 2.45) is 0 Å². The fraction of sp³-hybridized carbons (Fsp3) is 0.143. The summed E-state index contributed by atoms with van der Waals surface area (Å²) >= 11 is 0. The maximum atomic E-state index is 14.4. The van der Waals surface area contributed by atoms with Crippen molar-refractivity contribution in [1.29, 1.82) is 5.41 Å². The Hall–Kier alpha value is -4.63. The Morgan fingerprint density at radius 3 is 2.32 bits per heavy atom. The Kier molecular flexibility index (Phi) is 7.14. The second-order valence-electron chi connectivity index (χ2n) is 8.46. The summed E-state index contributed by atoms with van der Waals surface area (Å²) in [4.78, 5) is 6.85. The third kappa shape index (κ3) is 5.46. The highest BCUT2D eigenvalue weighted by Crippen LogP contribution is 2.30. The maximum absolute atomic E-state index is 14.4. The van der Waals surface area contributed by atoms with Gasteiger partial charge in [0, 0.05) is 30.7 Å². The molecule has 5 rings (SSSR count). The molecule has 4 N–H and O–H groups in total. The van der Waals surface area contributed by atoms with E-state index in [0.717, 1.165) is 49.6 Å². The number of imidazole rings is 1. The highest BCUT2D eigenvalue weighted by molar-refractivity contribution is 5.85. The lowest BCUT2D eigenvalue weighted by Gasteiger charge is -2.29. The molecule has 0 radical (unpaired) electrons. The zero-order valence-electron chi connectivity index (χ0n) is 20.2. The third-order valence-electron chi connectivity index (χ3n) is 5.98. The highest BCUT2D eigenvalue weighted by atomic mass is 19.1. The molecule has 1 fully saturated rings. The van der Waals surface area contributed by atoms with E-state index < -0.39 is 5.82 Å². The van der Waals surface area contributed by atoms with Gasteiger partial charge in [0.25, 0.3) is 0 Å². The molecule has 0 spiro atoms. The zero-order valence-corrected chi connectivity index (χ0v) is 20.2. The second-order valence-corrected chi connectivity index (χ2v) is 8.46. The molecule has 0 unspecified atom stereocenters. The van der Waals surface area contributed by atoms with Crippen LogP contribution in [0.25, 0.3) is 5.69 Å². The number of nitrogens with one attached hydrogen (secondary N) is 4. The number of morpholine rings is 1. The smallest absolute Gasteiger partial charge is 0.214 e. The van der Waals surface area contributed by atoms with Crippen molar-refractivity contribution in [2.75, 3.05) is 47.2 Å². The average molecular weight is 498 g/mol. The number of hydrogen-bond acceptors (Lipinski definition) is 7. The van der Waals surface area contributed by atoms with E-state index in [1.165, 1.54) is 6.07 Å². The summed E-state index contributed by atoms with van der Waals surface area (Å²) in [6.45, 7) is 7.35. The fourth-order valence-electron chi connectivity index (χ4n) is 4.18. The highest BCUT2D eigenvalue weighted by Gasteiger charge is 2.19. The van der Waals surface area contributed by atoms with Gasteiger partial charge in [-0.15, -0.1) is 0 Å². The van der Waals surface area contributed by atoms with Gasteiger partial charge in [-0.3, -0.25) is 4.57 Å². The van der Waals surface area contributed by atoms with Crippen molar-refractivity contribution in [3.05, 3.63) is 103 Å². The molecule has 0 aliphatic carbocycles. The quantitative estimate of drug-likeness (QED) is 0.226. The van der Waals surface area contributed by atoms with Crippen LogP contribution in [0.3, 0.4) is 0 Å². The predicted molar refractivity (Wildman–Crippen MR) is 147 cm³/mol.